The van der Waals surface area contributed by atoms with Crippen molar-refractivity contribution in [3.05, 3.63) is 53.5 Å². The van der Waals surface area contributed by atoms with Gasteiger partial charge in [-0.15, -0.1) is 0 Å². The van der Waals surface area contributed by atoms with Gasteiger partial charge in [-0.05, 0) is 42.7 Å². The molecule has 0 atom stereocenters. The highest BCUT2D eigenvalue weighted by molar-refractivity contribution is 5.84. The van der Waals surface area contributed by atoms with Gasteiger partial charge in [0.25, 0.3) is 0 Å². The Morgan fingerprint density at radius 2 is 2.28 bits per heavy atom. The van der Waals surface area contributed by atoms with Gasteiger partial charge in [-0.25, -0.2) is 4.39 Å². The first-order valence-electron chi connectivity index (χ1n) is 5.67. The monoisotopic (exact) mass is 242 g/mol. The van der Waals surface area contributed by atoms with E-state index in [4.69, 9.17) is 5.26 Å². The Morgan fingerprint density at radius 1 is 1.56 bits per heavy atom. The lowest BCUT2D eigenvalue weighted by atomic mass is 9.98. The fraction of sp³-hybridized carbons (Fsp3) is 0.200. The van der Waals surface area contributed by atoms with Crippen LogP contribution in [-0.2, 0) is 6.42 Å². The molecule has 0 bridgehead atoms. The fourth-order valence-electron chi connectivity index (χ4n) is 1.62. The summed E-state index contributed by atoms with van der Waals surface area (Å²) in [5.74, 6) is -0.313. The van der Waals surface area contributed by atoms with Gasteiger partial charge in [0.05, 0.1) is 11.6 Å². The number of allylic oxidation sites excluding steroid dienone is 2. The number of rotatable bonds is 4. The maximum Gasteiger partial charge on any atom is 0.131 e. The Kier molecular flexibility index (Phi) is 5.01. The first-order chi connectivity index (χ1) is 8.63. The normalized spacial score (nSPS) is 11.6. The molecule has 92 valence electrons. The van der Waals surface area contributed by atoms with Gasteiger partial charge in [-0.1, -0.05) is 13.5 Å². The number of benzene rings is 1. The molecular weight excluding hydrogens is 227 g/mol. The molecule has 2 nitrogen and oxygen atoms in total. The van der Waals surface area contributed by atoms with Crippen molar-refractivity contribution in [3.8, 4) is 6.07 Å². The molecule has 0 amide bonds. The summed E-state index contributed by atoms with van der Waals surface area (Å²) in [4.78, 5) is 3.82. The van der Waals surface area contributed by atoms with E-state index < -0.39 is 0 Å². The predicted molar refractivity (Wildman–Crippen MR) is 72.8 cm³/mol. The highest BCUT2D eigenvalue weighted by Crippen LogP contribution is 2.22. The first-order valence-corrected chi connectivity index (χ1v) is 5.67. The van der Waals surface area contributed by atoms with Crippen molar-refractivity contribution >= 4 is 11.8 Å². The minimum absolute atomic E-state index is 0.313. The molecule has 0 N–H and O–H groups in total. The molecule has 0 saturated heterocycles. The second-order valence-corrected chi connectivity index (χ2v) is 3.78. The minimum atomic E-state index is -0.313. The van der Waals surface area contributed by atoms with Crippen LogP contribution in [0.3, 0.4) is 0 Å². The number of nitrogens with zero attached hydrogens (tertiary/aromatic N) is 2. The Bertz CT molecular complexity index is 548. The quantitative estimate of drug-likeness (QED) is 0.738. The van der Waals surface area contributed by atoms with Crippen LogP contribution < -0.4 is 0 Å². The van der Waals surface area contributed by atoms with E-state index in [1.54, 1.807) is 25.3 Å². The molecule has 0 spiro atoms. The maximum absolute atomic E-state index is 13.9. The summed E-state index contributed by atoms with van der Waals surface area (Å²) in [6, 6.07) is 5.10. The van der Waals surface area contributed by atoms with Gasteiger partial charge >= 0.3 is 0 Å². The summed E-state index contributed by atoms with van der Waals surface area (Å²) in [6.07, 6.45) is 5.27. The fourth-order valence-corrected chi connectivity index (χ4v) is 1.62. The summed E-state index contributed by atoms with van der Waals surface area (Å²) in [7, 11) is 0. The molecule has 0 radical (unpaired) electrons. The lowest BCUT2D eigenvalue weighted by molar-refractivity contribution is 0.621. The second-order valence-electron chi connectivity index (χ2n) is 3.78. The van der Waals surface area contributed by atoms with Gasteiger partial charge < -0.3 is 0 Å². The average molecular weight is 242 g/mol. The predicted octanol–water partition coefficient (Wildman–Crippen LogP) is 3.88. The lowest BCUT2D eigenvalue weighted by Crippen LogP contribution is -1.95. The lowest BCUT2D eigenvalue weighted by Gasteiger charge is -2.07. The first kappa shape index (κ1) is 13.9. The van der Waals surface area contributed by atoms with Crippen LogP contribution in [0.4, 0.5) is 4.39 Å². The summed E-state index contributed by atoms with van der Waals surface area (Å²) in [5, 5.41) is 9.03. The van der Waals surface area contributed by atoms with E-state index in [1.807, 2.05) is 6.92 Å². The number of hydrogen-bond acceptors (Lipinski definition) is 2. The van der Waals surface area contributed by atoms with Crippen molar-refractivity contribution in [1.82, 2.24) is 0 Å². The Labute approximate surface area is 107 Å². The van der Waals surface area contributed by atoms with E-state index in [0.717, 1.165) is 11.1 Å². The number of nitriles is 1. The van der Waals surface area contributed by atoms with Crippen LogP contribution in [0.25, 0.3) is 5.57 Å². The standard InChI is InChI=1S/C15H15FN2/c1-4-12-9-15(16)14(8-13(12)10-17)11(3)6-7-18-5-2/h5-9H,2,4H2,1,3H3/b11-6+,18-7-. The molecule has 1 rings (SSSR count). The molecular formula is C15H15FN2. The third kappa shape index (κ3) is 3.14. The van der Waals surface area contributed by atoms with Crippen LogP contribution in [0.1, 0.15) is 30.5 Å². The van der Waals surface area contributed by atoms with Gasteiger partial charge in [0.15, 0.2) is 0 Å². The van der Waals surface area contributed by atoms with E-state index in [-0.39, 0.29) is 5.82 Å². The molecule has 0 unspecified atom stereocenters. The average Bonchev–Trinajstić information content (AvgIpc) is 2.38. The van der Waals surface area contributed by atoms with Crippen molar-refractivity contribution < 1.29 is 4.39 Å². The third-order valence-electron chi connectivity index (χ3n) is 2.64. The Hall–Kier alpha value is -2.21. The second kappa shape index (κ2) is 6.51. The zero-order valence-corrected chi connectivity index (χ0v) is 10.6. The van der Waals surface area contributed by atoms with Crippen molar-refractivity contribution in [3.63, 3.8) is 0 Å². The molecule has 0 aromatic heterocycles. The minimum Gasteiger partial charge on any atom is -0.265 e. The Balaban J connectivity index is 3.26. The number of aliphatic imine (C=N–C) groups is 1. The number of halogens is 1. The van der Waals surface area contributed by atoms with E-state index in [9.17, 15) is 4.39 Å². The molecule has 0 saturated carbocycles. The summed E-state index contributed by atoms with van der Waals surface area (Å²) in [5.41, 5.74) is 2.39. The number of hydrogen-bond donors (Lipinski definition) is 0. The summed E-state index contributed by atoms with van der Waals surface area (Å²) < 4.78 is 13.9. The molecule has 0 aliphatic carbocycles. The molecule has 1 aromatic carbocycles. The van der Waals surface area contributed by atoms with E-state index in [1.165, 1.54) is 12.3 Å². The van der Waals surface area contributed by atoms with Crippen LogP contribution in [0.2, 0.25) is 0 Å². The van der Waals surface area contributed by atoms with Crippen LogP contribution in [-0.4, -0.2) is 6.21 Å². The van der Waals surface area contributed by atoms with E-state index in [2.05, 4.69) is 17.6 Å². The Morgan fingerprint density at radius 3 is 2.83 bits per heavy atom. The van der Waals surface area contributed by atoms with Crippen LogP contribution >= 0.6 is 0 Å². The van der Waals surface area contributed by atoms with Crippen molar-refractivity contribution in [2.45, 2.75) is 20.3 Å². The smallest absolute Gasteiger partial charge is 0.131 e. The topological polar surface area (TPSA) is 36.1 Å². The maximum atomic E-state index is 13.9. The largest absolute Gasteiger partial charge is 0.265 e. The van der Waals surface area contributed by atoms with Gasteiger partial charge in [-0.3, -0.25) is 4.99 Å². The molecule has 0 heterocycles. The third-order valence-corrected chi connectivity index (χ3v) is 2.64. The molecule has 3 heteroatoms. The molecule has 0 aliphatic rings. The van der Waals surface area contributed by atoms with Crippen molar-refractivity contribution in [2.24, 2.45) is 4.99 Å². The molecule has 0 fully saturated rings. The van der Waals surface area contributed by atoms with E-state index in [0.29, 0.717) is 17.5 Å². The summed E-state index contributed by atoms with van der Waals surface area (Å²) in [6.45, 7) is 7.13. The zero-order valence-electron chi connectivity index (χ0n) is 10.6. The zero-order chi connectivity index (χ0) is 13.5. The summed E-state index contributed by atoms with van der Waals surface area (Å²) >= 11 is 0. The van der Waals surface area contributed by atoms with Crippen molar-refractivity contribution in [2.75, 3.05) is 0 Å². The van der Waals surface area contributed by atoms with Crippen LogP contribution in [0, 0.1) is 17.1 Å². The van der Waals surface area contributed by atoms with Crippen LogP contribution in [0.15, 0.2) is 36.0 Å². The van der Waals surface area contributed by atoms with Gasteiger partial charge in [0, 0.05) is 18.0 Å². The van der Waals surface area contributed by atoms with Gasteiger partial charge in [0.2, 0.25) is 0 Å². The van der Waals surface area contributed by atoms with Crippen molar-refractivity contribution in [1.29, 1.82) is 5.26 Å². The SMILES string of the molecule is C=C/N=C\C=C(/C)c1cc(C#N)c(CC)cc1F. The highest BCUT2D eigenvalue weighted by atomic mass is 19.1. The molecule has 18 heavy (non-hydrogen) atoms. The number of aryl methyl sites for hydroxylation is 1. The van der Waals surface area contributed by atoms with Gasteiger partial charge in [-0.2, -0.15) is 5.26 Å². The molecule has 1 aromatic rings. The van der Waals surface area contributed by atoms with Gasteiger partial charge in [0.1, 0.15) is 5.82 Å². The van der Waals surface area contributed by atoms with Crippen LogP contribution in [0.5, 0.6) is 0 Å². The van der Waals surface area contributed by atoms with E-state index >= 15 is 0 Å². The highest BCUT2D eigenvalue weighted by Gasteiger charge is 2.09. The molecule has 0 aliphatic heterocycles.